The third-order valence-electron chi connectivity index (χ3n) is 4.52. The number of methoxy groups -OCH3 is 1. The Bertz CT molecular complexity index is 377. The van der Waals surface area contributed by atoms with Crippen LogP contribution in [0.4, 0.5) is 0 Å². The normalized spacial score (nSPS) is 28.1. The Morgan fingerprint density at radius 2 is 2.06 bits per heavy atom. The lowest BCUT2D eigenvalue weighted by molar-refractivity contribution is 0.232. The summed E-state index contributed by atoms with van der Waals surface area (Å²) in [5.41, 5.74) is 7.32. The standard InChI is InChI=1S/C16H25NO/c1-3-12-8-9-13(11-17)15(10-12)14-6-4-5-7-16(14)18-2/h4-7,12-13,15H,3,8-11,17H2,1-2H3. The second kappa shape index (κ2) is 6.24. The fraction of sp³-hybridized carbons (Fsp3) is 0.625. The molecule has 1 aromatic carbocycles. The highest BCUT2D eigenvalue weighted by Crippen LogP contribution is 2.43. The van der Waals surface area contributed by atoms with Crippen molar-refractivity contribution in [1.82, 2.24) is 0 Å². The summed E-state index contributed by atoms with van der Waals surface area (Å²) in [5.74, 6) is 3.06. The summed E-state index contributed by atoms with van der Waals surface area (Å²) < 4.78 is 5.52. The van der Waals surface area contributed by atoms with E-state index in [1.807, 2.05) is 6.07 Å². The van der Waals surface area contributed by atoms with Crippen LogP contribution < -0.4 is 10.5 Å². The number of rotatable bonds is 4. The van der Waals surface area contributed by atoms with Gasteiger partial charge in [0.25, 0.3) is 0 Å². The van der Waals surface area contributed by atoms with Crippen LogP contribution >= 0.6 is 0 Å². The quantitative estimate of drug-likeness (QED) is 0.883. The zero-order chi connectivity index (χ0) is 13.0. The van der Waals surface area contributed by atoms with Crippen molar-refractivity contribution in [2.75, 3.05) is 13.7 Å². The number of benzene rings is 1. The van der Waals surface area contributed by atoms with E-state index in [4.69, 9.17) is 10.5 Å². The maximum absolute atomic E-state index is 5.97. The molecular weight excluding hydrogens is 222 g/mol. The molecule has 0 aliphatic heterocycles. The minimum absolute atomic E-state index is 0.574. The van der Waals surface area contributed by atoms with Crippen LogP contribution in [0.3, 0.4) is 0 Å². The van der Waals surface area contributed by atoms with Gasteiger partial charge >= 0.3 is 0 Å². The molecule has 18 heavy (non-hydrogen) atoms. The first-order valence-corrected chi connectivity index (χ1v) is 7.13. The van der Waals surface area contributed by atoms with Gasteiger partial charge in [0.05, 0.1) is 7.11 Å². The van der Waals surface area contributed by atoms with Gasteiger partial charge in [0, 0.05) is 0 Å². The molecule has 2 heteroatoms. The molecule has 0 heterocycles. The molecule has 2 rings (SSSR count). The molecule has 2 N–H and O–H groups in total. The maximum atomic E-state index is 5.97. The van der Waals surface area contributed by atoms with Crippen LogP contribution in [0, 0.1) is 11.8 Å². The highest BCUT2D eigenvalue weighted by Gasteiger charge is 2.31. The molecule has 2 nitrogen and oxygen atoms in total. The summed E-state index contributed by atoms with van der Waals surface area (Å²) >= 11 is 0. The second-order valence-electron chi connectivity index (χ2n) is 5.43. The van der Waals surface area contributed by atoms with Crippen LogP contribution in [0.15, 0.2) is 24.3 Å². The van der Waals surface area contributed by atoms with Gasteiger partial charge in [-0.2, -0.15) is 0 Å². The van der Waals surface area contributed by atoms with Crippen molar-refractivity contribution in [3.63, 3.8) is 0 Å². The van der Waals surface area contributed by atoms with Gasteiger partial charge in [-0.25, -0.2) is 0 Å². The van der Waals surface area contributed by atoms with Crippen LogP contribution in [0.5, 0.6) is 5.75 Å². The molecule has 0 radical (unpaired) electrons. The summed E-state index contributed by atoms with van der Waals surface area (Å²) in [7, 11) is 1.76. The van der Waals surface area contributed by atoms with Crippen molar-refractivity contribution in [3.05, 3.63) is 29.8 Å². The molecule has 0 saturated heterocycles. The Balaban J connectivity index is 2.26. The molecule has 1 saturated carbocycles. The zero-order valence-corrected chi connectivity index (χ0v) is 11.6. The SMILES string of the molecule is CCC1CCC(CN)C(c2ccccc2OC)C1. The van der Waals surface area contributed by atoms with Crippen molar-refractivity contribution in [2.24, 2.45) is 17.6 Å². The van der Waals surface area contributed by atoms with E-state index in [1.54, 1.807) is 7.11 Å². The number of hydrogen-bond donors (Lipinski definition) is 1. The lowest BCUT2D eigenvalue weighted by Crippen LogP contribution is -2.29. The molecule has 0 amide bonds. The van der Waals surface area contributed by atoms with Gasteiger partial charge in [-0.3, -0.25) is 0 Å². The Morgan fingerprint density at radius 1 is 1.28 bits per heavy atom. The first-order chi connectivity index (χ1) is 8.80. The van der Waals surface area contributed by atoms with Crippen molar-refractivity contribution >= 4 is 0 Å². The van der Waals surface area contributed by atoms with Gasteiger partial charge in [-0.1, -0.05) is 38.0 Å². The van der Waals surface area contributed by atoms with E-state index in [0.29, 0.717) is 11.8 Å². The van der Waals surface area contributed by atoms with Crippen molar-refractivity contribution in [1.29, 1.82) is 0 Å². The fourth-order valence-corrected chi connectivity index (χ4v) is 3.33. The smallest absolute Gasteiger partial charge is 0.122 e. The third-order valence-corrected chi connectivity index (χ3v) is 4.52. The average Bonchev–Trinajstić information content (AvgIpc) is 2.46. The number of para-hydroxylation sites is 1. The first-order valence-electron chi connectivity index (χ1n) is 7.13. The Morgan fingerprint density at radius 3 is 2.72 bits per heavy atom. The molecule has 3 atom stereocenters. The molecule has 0 bridgehead atoms. The van der Waals surface area contributed by atoms with Gasteiger partial charge in [0.15, 0.2) is 0 Å². The monoisotopic (exact) mass is 247 g/mol. The molecule has 1 fully saturated rings. The third kappa shape index (κ3) is 2.69. The summed E-state index contributed by atoms with van der Waals surface area (Å²) in [6.07, 6.45) is 5.14. The van der Waals surface area contributed by atoms with E-state index in [2.05, 4.69) is 25.1 Å². The minimum atomic E-state index is 0.574. The minimum Gasteiger partial charge on any atom is -0.496 e. The van der Waals surface area contributed by atoms with E-state index in [1.165, 1.54) is 31.2 Å². The van der Waals surface area contributed by atoms with E-state index in [-0.39, 0.29) is 0 Å². The Hall–Kier alpha value is -1.02. The van der Waals surface area contributed by atoms with Crippen molar-refractivity contribution < 1.29 is 4.74 Å². The van der Waals surface area contributed by atoms with Crippen molar-refractivity contribution in [3.8, 4) is 5.75 Å². The van der Waals surface area contributed by atoms with Crippen LogP contribution in [-0.2, 0) is 0 Å². The number of hydrogen-bond acceptors (Lipinski definition) is 2. The topological polar surface area (TPSA) is 35.2 Å². The molecule has 3 unspecified atom stereocenters. The predicted molar refractivity (Wildman–Crippen MR) is 75.9 cm³/mol. The fourth-order valence-electron chi connectivity index (χ4n) is 3.33. The van der Waals surface area contributed by atoms with E-state index >= 15 is 0 Å². The molecule has 0 aromatic heterocycles. The highest BCUT2D eigenvalue weighted by molar-refractivity contribution is 5.37. The van der Waals surface area contributed by atoms with Crippen LogP contribution in [0.2, 0.25) is 0 Å². The lowest BCUT2D eigenvalue weighted by atomic mass is 9.70. The van der Waals surface area contributed by atoms with Crippen LogP contribution in [0.25, 0.3) is 0 Å². The molecule has 1 aliphatic carbocycles. The lowest BCUT2D eigenvalue weighted by Gasteiger charge is -2.36. The molecule has 1 aliphatic rings. The summed E-state index contributed by atoms with van der Waals surface area (Å²) in [6.45, 7) is 3.09. The van der Waals surface area contributed by atoms with Crippen LogP contribution in [0.1, 0.15) is 44.1 Å². The average molecular weight is 247 g/mol. The molecule has 1 aromatic rings. The van der Waals surface area contributed by atoms with E-state index in [9.17, 15) is 0 Å². The highest BCUT2D eigenvalue weighted by atomic mass is 16.5. The zero-order valence-electron chi connectivity index (χ0n) is 11.6. The van der Waals surface area contributed by atoms with Crippen LogP contribution in [-0.4, -0.2) is 13.7 Å². The molecule has 100 valence electrons. The summed E-state index contributed by atoms with van der Waals surface area (Å²) in [6, 6.07) is 8.43. The Labute approximate surface area is 111 Å². The van der Waals surface area contributed by atoms with Gasteiger partial charge in [0.1, 0.15) is 5.75 Å². The number of nitrogens with two attached hydrogens (primary N) is 1. The Kier molecular flexibility index (Phi) is 4.65. The number of ether oxygens (including phenoxy) is 1. The van der Waals surface area contributed by atoms with Crippen molar-refractivity contribution in [2.45, 2.75) is 38.5 Å². The summed E-state index contributed by atoms with van der Waals surface area (Å²) in [5, 5.41) is 0. The van der Waals surface area contributed by atoms with E-state index in [0.717, 1.165) is 18.2 Å². The van der Waals surface area contributed by atoms with E-state index < -0.39 is 0 Å². The second-order valence-corrected chi connectivity index (χ2v) is 5.43. The summed E-state index contributed by atoms with van der Waals surface area (Å²) in [4.78, 5) is 0. The maximum Gasteiger partial charge on any atom is 0.122 e. The molecular formula is C16H25NO. The molecule has 0 spiro atoms. The van der Waals surface area contributed by atoms with Gasteiger partial charge < -0.3 is 10.5 Å². The van der Waals surface area contributed by atoms with Gasteiger partial charge in [-0.15, -0.1) is 0 Å². The largest absolute Gasteiger partial charge is 0.496 e. The van der Waals surface area contributed by atoms with Gasteiger partial charge in [0.2, 0.25) is 0 Å². The first kappa shape index (κ1) is 13.4. The van der Waals surface area contributed by atoms with Gasteiger partial charge in [-0.05, 0) is 48.8 Å². The predicted octanol–water partition coefficient (Wildman–Crippen LogP) is 3.56.